The number of carbonyl (C=O) groups is 3. The zero-order chi connectivity index (χ0) is 25.7. The Morgan fingerprint density at radius 3 is 1.71 bits per heavy atom. The van der Waals surface area contributed by atoms with E-state index in [1.165, 1.54) is 0 Å². The van der Waals surface area contributed by atoms with E-state index in [1.54, 1.807) is 20.8 Å². The topological polar surface area (TPSA) is 90.9 Å². The van der Waals surface area contributed by atoms with E-state index in [9.17, 15) is 14.4 Å². The number of alkyl carbamates (subject to hydrolysis) is 1. The zero-order valence-corrected chi connectivity index (χ0v) is 21.1. The molecule has 0 aromatic heterocycles. The van der Waals surface area contributed by atoms with Crippen LogP contribution in [-0.2, 0) is 37.0 Å². The largest absolute Gasteiger partial charge is 0.460 e. The van der Waals surface area contributed by atoms with Gasteiger partial charge in [0.25, 0.3) is 0 Å². The van der Waals surface area contributed by atoms with Crippen LogP contribution in [0, 0.1) is 5.92 Å². The fourth-order valence-corrected chi connectivity index (χ4v) is 3.46. The van der Waals surface area contributed by atoms with Crippen molar-refractivity contribution in [2.24, 2.45) is 5.92 Å². The van der Waals surface area contributed by atoms with Gasteiger partial charge in [-0.1, -0.05) is 86.8 Å². The molecule has 0 aliphatic carbocycles. The maximum absolute atomic E-state index is 13.2. The second kappa shape index (κ2) is 14.1. The number of hydrogen-bond donors (Lipinski definition) is 1. The third kappa shape index (κ3) is 10.6. The van der Waals surface area contributed by atoms with Crippen molar-refractivity contribution in [3.63, 3.8) is 0 Å². The molecule has 7 nitrogen and oxygen atoms in total. The quantitative estimate of drug-likeness (QED) is 0.184. The summed E-state index contributed by atoms with van der Waals surface area (Å²) in [5.41, 5.74) is 0.856. The molecule has 7 heteroatoms. The molecule has 2 aromatic carbocycles. The molecule has 0 heterocycles. The number of amides is 1. The molecule has 1 N–H and O–H groups in total. The molecule has 0 radical (unpaired) electrons. The third-order valence-electron chi connectivity index (χ3n) is 5.18. The summed E-state index contributed by atoms with van der Waals surface area (Å²) >= 11 is 0. The number of rotatable bonds is 12. The van der Waals surface area contributed by atoms with Gasteiger partial charge in [0.15, 0.2) is 5.92 Å². The van der Waals surface area contributed by atoms with Gasteiger partial charge in [-0.15, -0.1) is 0 Å². The van der Waals surface area contributed by atoms with Gasteiger partial charge in [0, 0.05) is 0 Å². The predicted molar refractivity (Wildman–Crippen MR) is 133 cm³/mol. The van der Waals surface area contributed by atoms with Crippen LogP contribution in [0.1, 0.15) is 64.5 Å². The van der Waals surface area contributed by atoms with Crippen LogP contribution in [0.2, 0.25) is 0 Å². The van der Waals surface area contributed by atoms with Gasteiger partial charge in [0.05, 0.1) is 6.04 Å². The molecule has 1 atom stereocenters. The average molecular weight is 484 g/mol. The van der Waals surface area contributed by atoms with E-state index in [1.807, 2.05) is 60.7 Å². The SMILES string of the molecule is CCCCC[C@H](NC(=O)OC(C)(C)C)C(C(=O)OCc1ccccc1)C(=O)OCc1ccccc1. The highest BCUT2D eigenvalue weighted by Crippen LogP contribution is 2.19. The van der Waals surface area contributed by atoms with Crippen molar-refractivity contribution in [1.29, 1.82) is 0 Å². The summed E-state index contributed by atoms with van der Waals surface area (Å²) in [6.45, 7) is 7.32. The van der Waals surface area contributed by atoms with Crippen LogP contribution in [0.4, 0.5) is 4.79 Å². The smallest absolute Gasteiger partial charge is 0.407 e. The minimum absolute atomic E-state index is 0.0102. The van der Waals surface area contributed by atoms with Crippen molar-refractivity contribution >= 4 is 18.0 Å². The summed E-state index contributed by atoms with van der Waals surface area (Å²) in [6, 6.07) is 17.6. The standard InChI is InChI=1S/C28H37NO6/c1-5-6-9-18-23(29-27(32)35-28(2,3)4)24(25(30)33-19-21-14-10-7-11-15-21)26(31)34-20-22-16-12-8-13-17-22/h7-8,10-17,23-24H,5-6,9,18-20H2,1-4H3,(H,29,32)/t23-/m0/s1. The highest BCUT2D eigenvalue weighted by atomic mass is 16.6. The number of ether oxygens (including phenoxy) is 3. The van der Waals surface area contributed by atoms with Crippen molar-refractivity contribution in [2.45, 2.75) is 78.2 Å². The van der Waals surface area contributed by atoms with Crippen LogP contribution in [0.15, 0.2) is 60.7 Å². The lowest BCUT2D eigenvalue weighted by Crippen LogP contribution is -2.49. The highest BCUT2D eigenvalue weighted by Gasteiger charge is 2.39. The molecule has 0 aliphatic heterocycles. The van der Waals surface area contributed by atoms with Crippen LogP contribution in [0.5, 0.6) is 0 Å². The van der Waals surface area contributed by atoms with E-state index in [4.69, 9.17) is 14.2 Å². The Labute approximate surface area is 208 Å². The molecule has 1 amide bonds. The second-order valence-electron chi connectivity index (χ2n) is 9.41. The van der Waals surface area contributed by atoms with Gasteiger partial charge in [0.2, 0.25) is 0 Å². The Morgan fingerprint density at radius 2 is 1.29 bits per heavy atom. The van der Waals surface area contributed by atoms with E-state index >= 15 is 0 Å². The van der Waals surface area contributed by atoms with Gasteiger partial charge in [0.1, 0.15) is 18.8 Å². The lowest BCUT2D eigenvalue weighted by Gasteiger charge is -2.27. The summed E-state index contributed by atoms with van der Waals surface area (Å²) in [7, 11) is 0. The van der Waals surface area contributed by atoms with E-state index in [-0.39, 0.29) is 13.2 Å². The Morgan fingerprint density at radius 1 is 0.800 bits per heavy atom. The monoisotopic (exact) mass is 483 g/mol. The molecule has 190 valence electrons. The molecule has 0 spiro atoms. The summed E-state index contributed by atoms with van der Waals surface area (Å²) in [5.74, 6) is -2.82. The van der Waals surface area contributed by atoms with Crippen LogP contribution in [0.3, 0.4) is 0 Å². The molecule has 0 fully saturated rings. The predicted octanol–water partition coefficient (Wildman–Crippen LogP) is 5.56. The first-order valence-electron chi connectivity index (χ1n) is 12.1. The first-order chi connectivity index (χ1) is 16.7. The lowest BCUT2D eigenvalue weighted by atomic mass is 9.94. The molecule has 35 heavy (non-hydrogen) atoms. The van der Waals surface area contributed by atoms with Gasteiger partial charge in [-0.2, -0.15) is 0 Å². The minimum atomic E-state index is -1.33. The van der Waals surface area contributed by atoms with Crippen LogP contribution < -0.4 is 5.32 Å². The Bertz CT molecular complexity index is 868. The molecular formula is C28H37NO6. The Balaban J connectivity index is 2.22. The molecular weight excluding hydrogens is 446 g/mol. The summed E-state index contributed by atoms with van der Waals surface area (Å²) in [4.78, 5) is 39.0. The Kier molecular flexibility index (Phi) is 11.3. The number of hydrogen-bond acceptors (Lipinski definition) is 6. The zero-order valence-electron chi connectivity index (χ0n) is 21.1. The molecule has 0 saturated carbocycles. The molecule has 0 saturated heterocycles. The van der Waals surface area contributed by atoms with E-state index in [0.29, 0.717) is 12.8 Å². The molecule has 0 bridgehead atoms. The average Bonchev–Trinajstić information content (AvgIpc) is 2.81. The lowest BCUT2D eigenvalue weighted by molar-refractivity contribution is -0.165. The number of nitrogens with one attached hydrogen (secondary N) is 1. The van der Waals surface area contributed by atoms with Gasteiger partial charge in [-0.25, -0.2) is 4.79 Å². The van der Waals surface area contributed by atoms with E-state index < -0.39 is 35.6 Å². The first kappa shape index (κ1) is 27.9. The van der Waals surface area contributed by atoms with Crippen molar-refractivity contribution < 1.29 is 28.6 Å². The van der Waals surface area contributed by atoms with Crippen LogP contribution in [0.25, 0.3) is 0 Å². The fourth-order valence-electron chi connectivity index (χ4n) is 3.46. The molecule has 0 aliphatic rings. The third-order valence-corrected chi connectivity index (χ3v) is 5.18. The molecule has 2 rings (SSSR count). The number of carbonyl (C=O) groups excluding carboxylic acids is 3. The minimum Gasteiger partial charge on any atom is -0.460 e. The van der Waals surface area contributed by atoms with Crippen LogP contribution >= 0.6 is 0 Å². The maximum atomic E-state index is 13.2. The number of unbranched alkanes of at least 4 members (excludes halogenated alkanes) is 2. The van der Waals surface area contributed by atoms with E-state index in [0.717, 1.165) is 24.0 Å². The summed E-state index contributed by atoms with van der Waals surface area (Å²) in [5, 5.41) is 2.73. The number of benzene rings is 2. The van der Waals surface area contributed by atoms with Crippen molar-refractivity contribution in [1.82, 2.24) is 5.32 Å². The number of esters is 2. The first-order valence-corrected chi connectivity index (χ1v) is 12.1. The van der Waals surface area contributed by atoms with Crippen molar-refractivity contribution in [3.8, 4) is 0 Å². The van der Waals surface area contributed by atoms with Crippen LogP contribution in [-0.4, -0.2) is 29.7 Å². The summed E-state index contributed by atoms with van der Waals surface area (Å²) < 4.78 is 16.4. The van der Waals surface area contributed by atoms with Crippen molar-refractivity contribution in [2.75, 3.05) is 0 Å². The van der Waals surface area contributed by atoms with E-state index in [2.05, 4.69) is 12.2 Å². The van der Waals surface area contributed by atoms with Gasteiger partial charge in [-0.05, 0) is 38.3 Å². The fraction of sp³-hybridized carbons (Fsp3) is 0.464. The van der Waals surface area contributed by atoms with Gasteiger partial charge >= 0.3 is 18.0 Å². The molecule has 0 unspecified atom stereocenters. The van der Waals surface area contributed by atoms with Gasteiger partial charge < -0.3 is 19.5 Å². The second-order valence-corrected chi connectivity index (χ2v) is 9.41. The molecule has 2 aromatic rings. The highest BCUT2D eigenvalue weighted by molar-refractivity contribution is 5.96. The Hall–Kier alpha value is -3.35. The maximum Gasteiger partial charge on any atom is 0.407 e. The summed E-state index contributed by atoms with van der Waals surface area (Å²) in [6.07, 6.45) is 2.25. The van der Waals surface area contributed by atoms with Crippen molar-refractivity contribution in [3.05, 3.63) is 71.8 Å². The normalized spacial score (nSPS) is 12.0. The van der Waals surface area contributed by atoms with Gasteiger partial charge in [-0.3, -0.25) is 9.59 Å².